The van der Waals surface area contributed by atoms with E-state index < -0.39 is 0 Å². The first kappa shape index (κ1) is 43.6. The standard InChI is InChI=1S/C54H68N3O3/c1-41(2)51-49(38-43-22-24-47(25-23-43)59-35-31-56-27-15-8-16-28-56)50(52(54(3,4)5)48(44-19-11-7-12-20-44)40-46-21-13-14-26-55-46)39-45(37-42-17-9-6-10-18-42)53(51)60-36-32-57-29-33-58-34-30-57/h6-7,9-14,17-26,39,41,48H,8,15-16,27-38,40H2,1-5H3. The lowest BCUT2D eigenvalue weighted by Crippen LogP contribution is -2.38. The van der Waals surface area contributed by atoms with Crippen LogP contribution in [0.1, 0.15) is 110 Å². The monoisotopic (exact) mass is 807 g/mol. The summed E-state index contributed by atoms with van der Waals surface area (Å²) >= 11 is 0. The highest BCUT2D eigenvalue weighted by Gasteiger charge is 2.39. The van der Waals surface area contributed by atoms with Crippen LogP contribution in [0.4, 0.5) is 0 Å². The van der Waals surface area contributed by atoms with Crippen molar-refractivity contribution in [2.24, 2.45) is 5.41 Å². The number of rotatable bonds is 18. The van der Waals surface area contributed by atoms with Gasteiger partial charge in [0, 0.05) is 61.9 Å². The van der Waals surface area contributed by atoms with Crippen LogP contribution in [0.15, 0.2) is 115 Å². The molecular weight excluding hydrogens is 739 g/mol. The zero-order chi connectivity index (χ0) is 41.7. The molecule has 0 N–H and O–H groups in total. The van der Waals surface area contributed by atoms with E-state index in [-0.39, 0.29) is 17.3 Å². The number of likely N-dealkylation sites (tertiary alicyclic amines) is 1. The zero-order valence-electron chi connectivity index (χ0n) is 37.0. The molecule has 1 unspecified atom stereocenters. The summed E-state index contributed by atoms with van der Waals surface area (Å²) in [7, 11) is 0. The Labute approximate surface area is 361 Å². The summed E-state index contributed by atoms with van der Waals surface area (Å²) in [6, 6.07) is 39.7. The third kappa shape index (κ3) is 11.9. The molecule has 0 saturated carbocycles. The van der Waals surface area contributed by atoms with Crippen LogP contribution < -0.4 is 9.47 Å². The van der Waals surface area contributed by atoms with Gasteiger partial charge >= 0.3 is 0 Å². The second-order valence-electron chi connectivity index (χ2n) is 18.1. The van der Waals surface area contributed by atoms with Gasteiger partial charge in [0.1, 0.15) is 24.7 Å². The zero-order valence-corrected chi connectivity index (χ0v) is 37.0. The van der Waals surface area contributed by atoms with Gasteiger partial charge in [0.15, 0.2) is 0 Å². The van der Waals surface area contributed by atoms with Gasteiger partial charge in [-0.1, -0.05) is 126 Å². The third-order valence-electron chi connectivity index (χ3n) is 12.3. The first-order valence-electron chi connectivity index (χ1n) is 22.6. The van der Waals surface area contributed by atoms with Gasteiger partial charge in [-0.2, -0.15) is 0 Å². The van der Waals surface area contributed by atoms with Gasteiger partial charge < -0.3 is 14.2 Å². The average molecular weight is 807 g/mol. The fraction of sp³-hybridized carbons (Fsp3) is 0.444. The largest absolute Gasteiger partial charge is 0.492 e. The maximum atomic E-state index is 7.13. The summed E-state index contributed by atoms with van der Waals surface area (Å²) in [6.07, 6.45) is 8.26. The first-order valence-corrected chi connectivity index (χ1v) is 22.6. The second-order valence-corrected chi connectivity index (χ2v) is 18.1. The van der Waals surface area contributed by atoms with Crippen molar-refractivity contribution in [3.05, 3.63) is 166 Å². The molecule has 2 saturated heterocycles. The molecule has 1 aromatic heterocycles. The molecular formula is C54H68N3O3. The minimum Gasteiger partial charge on any atom is -0.492 e. The van der Waals surface area contributed by atoms with Crippen LogP contribution >= 0.6 is 0 Å². The fourth-order valence-corrected chi connectivity index (χ4v) is 9.34. The second kappa shape index (κ2) is 21.3. The molecule has 317 valence electrons. The van der Waals surface area contributed by atoms with Gasteiger partial charge in [-0.15, -0.1) is 0 Å². The molecule has 0 amide bonds. The summed E-state index contributed by atoms with van der Waals surface area (Å²) in [5.74, 6) is 3.74. The van der Waals surface area contributed by atoms with E-state index in [0.717, 1.165) is 82.5 Å². The highest BCUT2D eigenvalue weighted by molar-refractivity contribution is 5.60. The van der Waals surface area contributed by atoms with Crippen molar-refractivity contribution in [1.29, 1.82) is 0 Å². The number of piperidine rings is 1. The Balaban J connectivity index is 1.34. The van der Waals surface area contributed by atoms with Crippen LogP contribution in [0.25, 0.3) is 0 Å². The van der Waals surface area contributed by atoms with Gasteiger partial charge in [-0.25, -0.2) is 0 Å². The molecule has 4 aromatic carbocycles. The molecule has 6 heteroatoms. The number of nitrogens with zero attached hydrogens (tertiary/aromatic N) is 3. The molecule has 1 radical (unpaired) electrons. The summed E-state index contributed by atoms with van der Waals surface area (Å²) in [5.41, 5.74) is 10.0. The molecule has 0 aliphatic carbocycles. The molecule has 0 spiro atoms. The van der Waals surface area contributed by atoms with E-state index in [0.29, 0.717) is 6.61 Å². The predicted octanol–water partition coefficient (Wildman–Crippen LogP) is 11.0. The van der Waals surface area contributed by atoms with Crippen molar-refractivity contribution in [3.63, 3.8) is 0 Å². The number of hydrogen-bond acceptors (Lipinski definition) is 6. The normalized spacial score (nSPS) is 16.0. The quantitative estimate of drug-likeness (QED) is 0.0879. The smallest absolute Gasteiger partial charge is 0.126 e. The third-order valence-corrected chi connectivity index (χ3v) is 12.3. The summed E-state index contributed by atoms with van der Waals surface area (Å²) < 4.78 is 19.1. The summed E-state index contributed by atoms with van der Waals surface area (Å²) in [4.78, 5) is 9.90. The topological polar surface area (TPSA) is 47.1 Å². The van der Waals surface area contributed by atoms with Crippen molar-refractivity contribution in [3.8, 4) is 11.5 Å². The molecule has 2 aliphatic heterocycles. The number of ether oxygens (including phenoxy) is 3. The van der Waals surface area contributed by atoms with Crippen molar-refractivity contribution in [2.45, 2.75) is 85.0 Å². The number of morpholine rings is 1. The molecule has 3 heterocycles. The lowest BCUT2D eigenvalue weighted by molar-refractivity contribution is 0.0321. The Morgan fingerprint density at radius 3 is 1.98 bits per heavy atom. The van der Waals surface area contributed by atoms with Gasteiger partial charge in [0.25, 0.3) is 0 Å². The molecule has 0 bridgehead atoms. The molecule has 2 fully saturated rings. The number of aromatic nitrogens is 1. The van der Waals surface area contributed by atoms with Crippen LogP contribution in [0.3, 0.4) is 0 Å². The van der Waals surface area contributed by atoms with Crippen LogP contribution in [-0.2, 0) is 24.0 Å². The lowest BCUT2D eigenvalue weighted by Gasteiger charge is -2.40. The van der Waals surface area contributed by atoms with E-state index in [1.807, 2.05) is 12.3 Å². The van der Waals surface area contributed by atoms with E-state index >= 15 is 0 Å². The minimum absolute atomic E-state index is 0.105. The van der Waals surface area contributed by atoms with E-state index in [9.17, 15) is 0 Å². The van der Waals surface area contributed by atoms with Crippen molar-refractivity contribution >= 4 is 0 Å². The Morgan fingerprint density at radius 1 is 0.700 bits per heavy atom. The summed E-state index contributed by atoms with van der Waals surface area (Å²) in [5, 5.41) is 0. The van der Waals surface area contributed by atoms with Crippen LogP contribution in [0.2, 0.25) is 0 Å². The van der Waals surface area contributed by atoms with Crippen LogP contribution in [0.5, 0.6) is 11.5 Å². The van der Waals surface area contributed by atoms with Gasteiger partial charge in [-0.05, 0) is 108 Å². The molecule has 2 aliphatic rings. The van der Waals surface area contributed by atoms with Crippen LogP contribution in [-0.4, -0.2) is 80.5 Å². The Hall–Kier alpha value is -4.49. The molecule has 6 nitrogen and oxygen atoms in total. The van der Waals surface area contributed by atoms with Crippen LogP contribution in [0, 0.1) is 11.3 Å². The Morgan fingerprint density at radius 2 is 1.33 bits per heavy atom. The first-order chi connectivity index (χ1) is 29.2. The Bertz CT molecular complexity index is 2020. The molecule has 60 heavy (non-hydrogen) atoms. The van der Waals surface area contributed by atoms with Crippen molar-refractivity contribution in [2.75, 3.05) is 65.7 Å². The highest BCUT2D eigenvalue weighted by Crippen LogP contribution is 2.50. The maximum Gasteiger partial charge on any atom is 0.126 e. The molecule has 5 aromatic rings. The van der Waals surface area contributed by atoms with E-state index in [4.69, 9.17) is 19.2 Å². The summed E-state index contributed by atoms with van der Waals surface area (Å²) in [6.45, 7) is 20.9. The maximum absolute atomic E-state index is 7.13. The average Bonchev–Trinajstić information content (AvgIpc) is 3.26. The van der Waals surface area contributed by atoms with Gasteiger partial charge in [0.05, 0.1) is 13.2 Å². The van der Waals surface area contributed by atoms with E-state index in [1.165, 1.54) is 77.2 Å². The minimum atomic E-state index is -0.174. The van der Waals surface area contributed by atoms with Crippen molar-refractivity contribution < 1.29 is 14.2 Å². The van der Waals surface area contributed by atoms with Crippen molar-refractivity contribution in [1.82, 2.24) is 14.8 Å². The fourth-order valence-electron chi connectivity index (χ4n) is 9.34. The Kier molecular flexibility index (Phi) is 15.5. The lowest BCUT2D eigenvalue weighted by atomic mass is 9.64. The predicted molar refractivity (Wildman–Crippen MR) is 246 cm³/mol. The number of hydrogen-bond donors (Lipinski definition) is 0. The van der Waals surface area contributed by atoms with E-state index in [2.05, 4.69) is 148 Å². The van der Waals surface area contributed by atoms with Gasteiger partial charge in [0.2, 0.25) is 0 Å². The molecule has 7 rings (SSSR count). The van der Waals surface area contributed by atoms with E-state index in [1.54, 1.807) is 0 Å². The highest BCUT2D eigenvalue weighted by atomic mass is 16.5. The molecule has 1 atom stereocenters. The van der Waals surface area contributed by atoms with Gasteiger partial charge in [-0.3, -0.25) is 14.8 Å². The number of pyridine rings is 1. The number of benzene rings is 4. The SMILES string of the molecule is CC(C)c1c(Cc2ccc(OCCN3CCCCC3)cc2)c([C](C(Cc2ccccn2)c2ccccc2)C(C)(C)C)cc(Cc2ccccc2)c1OCCN1CCOCC1.